The van der Waals surface area contributed by atoms with Gasteiger partial charge in [-0.15, -0.1) is 0 Å². The molecule has 7 nitrogen and oxygen atoms in total. The van der Waals surface area contributed by atoms with Crippen LogP contribution in [0.2, 0.25) is 0 Å². The summed E-state index contributed by atoms with van der Waals surface area (Å²) in [6.07, 6.45) is 3.53. The molecule has 1 amide bonds. The first-order valence-electron chi connectivity index (χ1n) is 10.5. The van der Waals surface area contributed by atoms with Crippen LogP contribution in [0.5, 0.6) is 11.5 Å². The van der Waals surface area contributed by atoms with Gasteiger partial charge in [-0.3, -0.25) is 4.79 Å². The molecule has 0 bridgehead atoms. The van der Waals surface area contributed by atoms with Gasteiger partial charge in [-0.25, -0.2) is 4.79 Å². The Morgan fingerprint density at radius 2 is 2.17 bits per heavy atom. The summed E-state index contributed by atoms with van der Waals surface area (Å²) < 4.78 is 23.0. The van der Waals surface area contributed by atoms with E-state index < -0.39 is 5.63 Å². The summed E-state index contributed by atoms with van der Waals surface area (Å²) in [6.45, 7) is 7.10. The fourth-order valence-corrected chi connectivity index (χ4v) is 4.30. The fraction of sp³-hybridized carbons (Fsp3) is 0.565. The number of hydrogen-bond donors (Lipinski definition) is 1. The summed E-state index contributed by atoms with van der Waals surface area (Å²) in [5.41, 5.74) is 1.64. The molecule has 4 rings (SSSR count). The molecule has 3 heterocycles. The lowest BCUT2D eigenvalue weighted by atomic mass is 9.91. The molecule has 30 heavy (non-hydrogen) atoms. The number of benzene rings is 1. The normalized spacial score (nSPS) is 19.9. The summed E-state index contributed by atoms with van der Waals surface area (Å²) in [4.78, 5) is 25.3. The lowest BCUT2D eigenvalue weighted by Crippen LogP contribution is -2.34. The van der Waals surface area contributed by atoms with Crippen LogP contribution in [0.25, 0.3) is 11.0 Å². The summed E-state index contributed by atoms with van der Waals surface area (Å²) in [7, 11) is 1.58. The number of carbonyl (C=O) groups is 1. The molecule has 0 saturated carbocycles. The maximum Gasteiger partial charge on any atom is 0.340 e. The Balaban J connectivity index is 1.69. The van der Waals surface area contributed by atoms with E-state index in [4.69, 9.17) is 18.6 Å². The van der Waals surface area contributed by atoms with Crippen LogP contribution in [-0.2, 0) is 22.4 Å². The molecule has 1 aromatic heterocycles. The zero-order chi connectivity index (χ0) is 21.5. The third-order valence-corrected chi connectivity index (χ3v) is 6.05. The van der Waals surface area contributed by atoms with E-state index in [1.807, 2.05) is 26.8 Å². The minimum Gasteiger partial charge on any atom is -0.496 e. The van der Waals surface area contributed by atoms with Crippen molar-refractivity contribution in [2.45, 2.75) is 64.6 Å². The highest BCUT2D eigenvalue weighted by molar-refractivity contribution is 5.93. The van der Waals surface area contributed by atoms with E-state index in [9.17, 15) is 9.59 Å². The largest absolute Gasteiger partial charge is 0.496 e. The zero-order valence-corrected chi connectivity index (χ0v) is 18.1. The highest BCUT2D eigenvalue weighted by atomic mass is 16.5. The third kappa shape index (κ3) is 3.90. The zero-order valence-electron chi connectivity index (χ0n) is 18.1. The molecular weight excluding hydrogens is 386 g/mol. The number of rotatable bonds is 5. The summed E-state index contributed by atoms with van der Waals surface area (Å²) in [5, 5.41) is 3.59. The molecule has 1 saturated heterocycles. The van der Waals surface area contributed by atoms with Gasteiger partial charge in [-0.1, -0.05) is 0 Å². The standard InChI is InChI=1S/C23H29NO6/c1-13-16(10-19(25)24-12-14-6-5-9-28-14)22(26)29-21-15-7-8-23(2,3)30-17(15)11-18(27-4)20(13)21/h11,14H,5-10,12H2,1-4H3,(H,24,25)/t14-/m0/s1. The predicted molar refractivity (Wildman–Crippen MR) is 112 cm³/mol. The number of methoxy groups -OCH3 is 1. The first-order chi connectivity index (χ1) is 14.3. The third-order valence-electron chi connectivity index (χ3n) is 6.05. The van der Waals surface area contributed by atoms with Gasteiger partial charge in [0.1, 0.15) is 22.7 Å². The Hall–Kier alpha value is -2.54. The SMILES string of the molecule is COc1cc2c(c3oc(=O)c(CC(=O)NC[C@@H]4CCCO4)c(C)c13)CCC(C)(C)O2. The lowest BCUT2D eigenvalue weighted by molar-refractivity contribution is -0.121. The Kier molecular flexibility index (Phi) is 5.49. The molecule has 0 unspecified atom stereocenters. The molecule has 7 heteroatoms. The number of fused-ring (bicyclic) bond motifs is 3. The number of hydrogen-bond acceptors (Lipinski definition) is 6. The molecule has 0 spiro atoms. The van der Waals surface area contributed by atoms with Crippen LogP contribution in [-0.4, -0.2) is 37.9 Å². The molecule has 162 valence electrons. The maximum atomic E-state index is 12.8. The van der Waals surface area contributed by atoms with Gasteiger partial charge in [0.15, 0.2) is 0 Å². The van der Waals surface area contributed by atoms with E-state index in [0.29, 0.717) is 34.8 Å². The van der Waals surface area contributed by atoms with E-state index in [0.717, 1.165) is 43.2 Å². The maximum absolute atomic E-state index is 12.8. The monoisotopic (exact) mass is 415 g/mol. The van der Waals surface area contributed by atoms with Gasteiger partial charge in [0.05, 0.1) is 30.6 Å². The van der Waals surface area contributed by atoms with Crippen molar-refractivity contribution >= 4 is 16.9 Å². The Morgan fingerprint density at radius 1 is 1.37 bits per heavy atom. The summed E-state index contributed by atoms with van der Waals surface area (Å²) in [6, 6.07) is 1.85. The molecule has 0 radical (unpaired) electrons. The summed E-state index contributed by atoms with van der Waals surface area (Å²) in [5.74, 6) is 1.03. The number of carbonyl (C=O) groups excluding carboxylic acids is 1. The van der Waals surface area contributed by atoms with Crippen molar-refractivity contribution < 1.29 is 23.4 Å². The van der Waals surface area contributed by atoms with E-state index in [2.05, 4.69) is 5.32 Å². The van der Waals surface area contributed by atoms with Crippen LogP contribution in [0, 0.1) is 6.92 Å². The quantitative estimate of drug-likeness (QED) is 0.756. The molecule has 2 aliphatic rings. The number of ether oxygens (including phenoxy) is 3. The van der Waals surface area contributed by atoms with E-state index in [-0.39, 0.29) is 24.0 Å². The number of amides is 1. The molecule has 2 aromatic rings. The average molecular weight is 415 g/mol. The van der Waals surface area contributed by atoms with Crippen LogP contribution in [0.15, 0.2) is 15.3 Å². The van der Waals surface area contributed by atoms with Gasteiger partial charge in [0.2, 0.25) is 5.91 Å². The molecule has 1 fully saturated rings. The molecule has 1 aromatic carbocycles. The van der Waals surface area contributed by atoms with E-state index >= 15 is 0 Å². The van der Waals surface area contributed by atoms with Crippen LogP contribution in [0.3, 0.4) is 0 Å². The predicted octanol–water partition coefficient (Wildman–Crippen LogP) is 3.05. The van der Waals surface area contributed by atoms with Gasteiger partial charge in [0.25, 0.3) is 0 Å². The van der Waals surface area contributed by atoms with Crippen LogP contribution in [0.4, 0.5) is 0 Å². The van der Waals surface area contributed by atoms with Crippen molar-refractivity contribution in [3.05, 3.63) is 33.2 Å². The molecular formula is C23H29NO6. The second-order valence-corrected chi connectivity index (χ2v) is 8.73. The number of aryl methyl sites for hydroxylation is 2. The van der Waals surface area contributed by atoms with Gasteiger partial charge in [-0.05, 0) is 52.0 Å². The Labute approximate surface area is 175 Å². The van der Waals surface area contributed by atoms with Crippen molar-refractivity contribution in [1.29, 1.82) is 0 Å². The van der Waals surface area contributed by atoms with E-state index in [1.54, 1.807) is 7.11 Å². The van der Waals surface area contributed by atoms with Gasteiger partial charge >= 0.3 is 5.63 Å². The average Bonchev–Trinajstić information content (AvgIpc) is 3.21. The Bertz CT molecular complexity index is 1030. The molecule has 2 aliphatic heterocycles. The highest BCUT2D eigenvalue weighted by Gasteiger charge is 2.31. The topological polar surface area (TPSA) is 87.0 Å². The second-order valence-electron chi connectivity index (χ2n) is 8.73. The first-order valence-corrected chi connectivity index (χ1v) is 10.5. The van der Waals surface area contributed by atoms with Crippen LogP contribution < -0.4 is 20.4 Å². The summed E-state index contributed by atoms with van der Waals surface area (Å²) >= 11 is 0. The van der Waals surface area contributed by atoms with Gasteiger partial charge in [-0.2, -0.15) is 0 Å². The van der Waals surface area contributed by atoms with Gasteiger partial charge < -0.3 is 23.9 Å². The Morgan fingerprint density at radius 3 is 2.87 bits per heavy atom. The van der Waals surface area contributed by atoms with Crippen LogP contribution in [0.1, 0.15) is 49.8 Å². The minimum absolute atomic E-state index is 0.0411. The van der Waals surface area contributed by atoms with Crippen molar-refractivity contribution in [1.82, 2.24) is 5.32 Å². The highest BCUT2D eigenvalue weighted by Crippen LogP contribution is 2.43. The molecule has 1 atom stereocenters. The van der Waals surface area contributed by atoms with Crippen molar-refractivity contribution in [2.24, 2.45) is 0 Å². The lowest BCUT2D eigenvalue weighted by Gasteiger charge is -2.33. The second kappa shape index (κ2) is 7.95. The number of nitrogens with one attached hydrogen (secondary N) is 1. The fourth-order valence-electron chi connectivity index (χ4n) is 4.30. The van der Waals surface area contributed by atoms with Crippen molar-refractivity contribution in [3.63, 3.8) is 0 Å². The molecule has 0 aliphatic carbocycles. The van der Waals surface area contributed by atoms with Crippen molar-refractivity contribution in [2.75, 3.05) is 20.3 Å². The smallest absolute Gasteiger partial charge is 0.340 e. The minimum atomic E-state index is -0.493. The molecule has 1 N–H and O–H groups in total. The van der Waals surface area contributed by atoms with E-state index in [1.165, 1.54) is 0 Å². The van der Waals surface area contributed by atoms with Gasteiger partial charge in [0, 0.05) is 24.8 Å². The van der Waals surface area contributed by atoms with Crippen molar-refractivity contribution in [3.8, 4) is 11.5 Å². The first kappa shape index (κ1) is 20.7. The van der Waals surface area contributed by atoms with Crippen LogP contribution >= 0.6 is 0 Å².